The Morgan fingerprint density at radius 3 is 2.21 bits per heavy atom. The first-order valence-corrected chi connectivity index (χ1v) is 11.7. The van der Waals surface area contributed by atoms with E-state index in [2.05, 4.69) is 10.6 Å². The van der Waals surface area contributed by atoms with Gasteiger partial charge in [-0.1, -0.05) is 56.3 Å². The molecule has 3 aromatic rings. The van der Waals surface area contributed by atoms with Crippen LogP contribution in [0.3, 0.4) is 0 Å². The summed E-state index contributed by atoms with van der Waals surface area (Å²) >= 11 is 0. The molecule has 1 aliphatic heterocycles. The first-order chi connectivity index (χ1) is 16.5. The molecule has 0 unspecified atom stereocenters. The van der Waals surface area contributed by atoms with E-state index >= 15 is 0 Å². The molecule has 7 heteroatoms. The number of fused-ring (bicyclic) bond motifs is 1. The zero-order valence-electron chi connectivity index (χ0n) is 19.5. The lowest BCUT2D eigenvalue weighted by atomic mass is 10.0. The van der Waals surface area contributed by atoms with Gasteiger partial charge in [-0.25, -0.2) is 4.39 Å². The number of amides is 2. The van der Waals surface area contributed by atoms with Crippen LogP contribution in [0.4, 0.5) is 4.39 Å². The highest BCUT2D eigenvalue weighted by Gasteiger charge is 2.28. The van der Waals surface area contributed by atoms with Crippen LogP contribution in [0.5, 0.6) is 0 Å². The van der Waals surface area contributed by atoms with Crippen molar-refractivity contribution >= 4 is 11.8 Å². The van der Waals surface area contributed by atoms with Crippen molar-refractivity contribution in [3.63, 3.8) is 0 Å². The molecule has 1 aliphatic rings. The molecule has 2 atom stereocenters. The average Bonchev–Trinajstić information content (AvgIpc) is 3.27. The predicted octanol–water partition coefficient (Wildman–Crippen LogP) is 4.92. The van der Waals surface area contributed by atoms with E-state index in [0.717, 1.165) is 17.5 Å². The number of ether oxygens (including phenoxy) is 1. The molecule has 0 fully saturated rings. The molecule has 0 spiro atoms. The van der Waals surface area contributed by atoms with Crippen LogP contribution in [0.25, 0.3) is 0 Å². The Morgan fingerprint density at radius 2 is 1.56 bits per heavy atom. The van der Waals surface area contributed by atoms with E-state index in [9.17, 15) is 14.0 Å². The van der Waals surface area contributed by atoms with Gasteiger partial charge < -0.3 is 19.9 Å². The highest BCUT2D eigenvalue weighted by Crippen LogP contribution is 2.25. The van der Waals surface area contributed by atoms with Crippen molar-refractivity contribution in [1.29, 1.82) is 0 Å². The molecule has 0 aliphatic carbocycles. The summed E-state index contributed by atoms with van der Waals surface area (Å²) in [4.78, 5) is 26.6. The van der Waals surface area contributed by atoms with Crippen molar-refractivity contribution in [2.45, 2.75) is 51.9 Å². The van der Waals surface area contributed by atoms with Gasteiger partial charge in [0.15, 0.2) is 0 Å². The Labute approximate surface area is 199 Å². The summed E-state index contributed by atoms with van der Waals surface area (Å²) in [5.74, 6) is -0.815. The topological polar surface area (TPSA) is 72.4 Å². The smallest absolute Gasteiger partial charge is 0.268 e. The second-order valence-corrected chi connectivity index (χ2v) is 8.42. The maximum atomic E-state index is 13.3. The molecule has 1 aromatic heterocycles. The molecule has 6 nitrogen and oxygen atoms in total. The van der Waals surface area contributed by atoms with Gasteiger partial charge in [0.1, 0.15) is 11.5 Å². The summed E-state index contributed by atoms with van der Waals surface area (Å²) in [6.45, 7) is 5.22. The minimum Gasteiger partial charge on any atom is -0.373 e. The number of hydrogen-bond acceptors (Lipinski definition) is 3. The summed E-state index contributed by atoms with van der Waals surface area (Å²) in [5.41, 5.74) is 3.45. The summed E-state index contributed by atoms with van der Waals surface area (Å²) < 4.78 is 20.8. The minimum atomic E-state index is -0.317. The molecule has 2 N–H and O–H groups in total. The van der Waals surface area contributed by atoms with E-state index in [-0.39, 0.29) is 36.3 Å². The molecule has 0 saturated heterocycles. The average molecular weight is 464 g/mol. The molecule has 2 amide bonds. The van der Waals surface area contributed by atoms with E-state index in [1.807, 2.05) is 48.7 Å². The molecule has 2 aromatic carbocycles. The van der Waals surface area contributed by atoms with Gasteiger partial charge in [0.05, 0.1) is 36.6 Å². The Balaban J connectivity index is 1.58. The maximum Gasteiger partial charge on any atom is 0.268 e. The van der Waals surface area contributed by atoms with Crippen LogP contribution < -0.4 is 10.6 Å². The van der Waals surface area contributed by atoms with E-state index in [1.54, 1.807) is 18.2 Å². The van der Waals surface area contributed by atoms with Crippen LogP contribution in [0, 0.1) is 5.82 Å². The summed E-state index contributed by atoms with van der Waals surface area (Å²) in [6.07, 6.45) is 1.39. The van der Waals surface area contributed by atoms with Gasteiger partial charge in [-0.2, -0.15) is 0 Å². The molecule has 2 heterocycles. The van der Waals surface area contributed by atoms with Gasteiger partial charge >= 0.3 is 0 Å². The molecule has 0 bridgehead atoms. The second-order valence-electron chi connectivity index (χ2n) is 8.42. The monoisotopic (exact) mass is 463 g/mol. The molecule has 0 radical (unpaired) electrons. The van der Waals surface area contributed by atoms with Crippen molar-refractivity contribution in [2.24, 2.45) is 0 Å². The molecular formula is C27H30FN3O3. The molecule has 4 rings (SSSR count). The van der Waals surface area contributed by atoms with Crippen LogP contribution in [-0.4, -0.2) is 23.0 Å². The van der Waals surface area contributed by atoms with Gasteiger partial charge in [0, 0.05) is 6.54 Å². The van der Waals surface area contributed by atoms with Gasteiger partial charge in [-0.15, -0.1) is 0 Å². The molecule has 0 saturated carbocycles. The van der Waals surface area contributed by atoms with E-state index in [1.165, 1.54) is 12.1 Å². The number of carbonyl (C=O) groups excluding carboxylic acids is 2. The highest BCUT2D eigenvalue weighted by atomic mass is 19.1. The number of rotatable bonds is 8. The fourth-order valence-corrected chi connectivity index (χ4v) is 4.40. The maximum absolute atomic E-state index is 13.3. The number of aromatic nitrogens is 1. The lowest BCUT2D eigenvalue weighted by Crippen LogP contribution is -2.31. The predicted molar refractivity (Wildman–Crippen MR) is 128 cm³/mol. The molecule has 34 heavy (non-hydrogen) atoms. The van der Waals surface area contributed by atoms with Gasteiger partial charge in [0.25, 0.3) is 11.8 Å². The van der Waals surface area contributed by atoms with E-state index in [0.29, 0.717) is 36.5 Å². The van der Waals surface area contributed by atoms with Crippen molar-refractivity contribution in [3.05, 3.63) is 94.6 Å². The Morgan fingerprint density at radius 1 is 0.941 bits per heavy atom. The largest absolute Gasteiger partial charge is 0.373 e. The minimum absolute atomic E-state index is 0.131. The Bertz CT molecular complexity index is 1140. The summed E-state index contributed by atoms with van der Waals surface area (Å²) in [6, 6.07) is 17.2. The van der Waals surface area contributed by atoms with E-state index in [4.69, 9.17) is 4.74 Å². The van der Waals surface area contributed by atoms with Gasteiger partial charge in [0.2, 0.25) is 0 Å². The SMILES string of the molecule is CC[C@@H](NC(=O)c1cc(C(=O)N[C@H](CC)c2ccc(F)cc2)n2c1COCC2)c1ccccc1. The first-order valence-electron chi connectivity index (χ1n) is 11.7. The van der Waals surface area contributed by atoms with Crippen molar-refractivity contribution in [1.82, 2.24) is 15.2 Å². The van der Waals surface area contributed by atoms with Crippen LogP contribution in [0.2, 0.25) is 0 Å². The highest BCUT2D eigenvalue weighted by molar-refractivity contribution is 6.01. The van der Waals surface area contributed by atoms with Crippen LogP contribution in [0.15, 0.2) is 60.7 Å². The third-order valence-corrected chi connectivity index (χ3v) is 6.29. The van der Waals surface area contributed by atoms with Gasteiger partial charge in [-0.3, -0.25) is 9.59 Å². The zero-order valence-corrected chi connectivity index (χ0v) is 19.5. The van der Waals surface area contributed by atoms with Crippen LogP contribution >= 0.6 is 0 Å². The van der Waals surface area contributed by atoms with E-state index < -0.39 is 0 Å². The standard InChI is InChI=1S/C27H30FN3O3/c1-3-22(18-8-6-5-7-9-18)29-26(32)21-16-24(31-14-15-34-17-25(21)31)27(33)30-23(4-2)19-10-12-20(28)13-11-19/h5-13,16,22-23H,3-4,14-15,17H2,1-2H3,(H,29,32)(H,30,33)/t22-,23-/m1/s1. The van der Waals surface area contributed by atoms with Crippen molar-refractivity contribution in [3.8, 4) is 0 Å². The number of nitrogens with zero attached hydrogens (tertiary/aromatic N) is 1. The second kappa shape index (κ2) is 10.7. The number of hydrogen-bond donors (Lipinski definition) is 2. The number of carbonyl (C=O) groups is 2. The number of benzene rings is 2. The van der Waals surface area contributed by atoms with Crippen LogP contribution in [-0.2, 0) is 17.9 Å². The first kappa shape index (κ1) is 23.7. The number of halogens is 1. The Hall–Kier alpha value is -3.45. The normalized spacial score (nSPS) is 14.7. The zero-order chi connectivity index (χ0) is 24.1. The summed E-state index contributed by atoms with van der Waals surface area (Å²) in [7, 11) is 0. The Kier molecular flexibility index (Phi) is 7.43. The lowest BCUT2D eigenvalue weighted by molar-refractivity contribution is 0.0773. The fourth-order valence-electron chi connectivity index (χ4n) is 4.40. The third-order valence-electron chi connectivity index (χ3n) is 6.29. The van der Waals surface area contributed by atoms with Crippen LogP contribution in [0.1, 0.15) is 76.4 Å². The molecular weight excluding hydrogens is 433 g/mol. The number of nitrogens with one attached hydrogen (secondary N) is 2. The van der Waals surface area contributed by atoms with Gasteiger partial charge in [-0.05, 0) is 42.2 Å². The third kappa shape index (κ3) is 5.04. The van der Waals surface area contributed by atoms with Crippen molar-refractivity contribution < 1.29 is 18.7 Å². The van der Waals surface area contributed by atoms with Crippen molar-refractivity contribution in [2.75, 3.05) is 6.61 Å². The quantitative estimate of drug-likeness (QED) is 0.498. The molecule has 178 valence electrons. The summed E-state index contributed by atoms with van der Waals surface area (Å²) in [5, 5.41) is 6.15. The lowest BCUT2D eigenvalue weighted by Gasteiger charge is -2.22. The fraction of sp³-hybridized carbons (Fsp3) is 0.333.